The number of ether oxygens (including phenoxy) is 1. The Morgan fingerprint density at radius 2 is 1.86 bits per heavy atom. The monoisotopic (exact) mass is 465 g/mol. The number of hydrazone groups is 1. The highest BCUT2D eigenvalue weighted by molar-refractivity contribution is 9.10. The van der Waals surface area contributed by atoms with Crippen molar-refractivity contribution < 1.29 is 14.3 Å². The Kier molecular flexibility index (Phi) is 8.02. The van der Waals surface area contributed by atoms with Gasteiger partial charge < -0.3 is 10.1 Å². The van der Waals surface area contributed by atoms with Gasteiger partial charge in [0.2, 0.25) is 5.91 Å². The van der Waals surface area contributed by atoms with Crippen LogP contribution in [0.3, 0.4) is 0 Å². The molecule has 0 aliphatic carbocycles. The molecule has 28 heavy (non-hydrogen) atoms. The molecule has 0 radical (unpaired) electrons. The maximum Gasteiger partial charge on any atom is 0.277 e. The Bertz CT molecular complexity index is 916. The Morgan fingerprint density at radius 3 is 2.54 bits per heavy atom. The van der Waals surface area contributed by atoms with Crippen molar-refractivity contribution in [1.29, 1.82) is 0 Å². The van der Waals surface area contributed by atoms with Crippen LogP contribution in [0.2, 0.25) is 5.02 Å². The standard InChI is InChI=1S/C20H21BrClN3O3/c1-12-4-6-16(10-17(12)22)23-19(26)9-14(3)24-25-20(27)11-28-18-7-5-15(21)8-13(18)2/h4-8,10H,9,11H2,1-3H3,(H,23,26)(H,25,27)/b24-14-. The number of rotatable bonds is 7. The SMILES string of the molecule is C/C(CC(=O)Nc1ccc(C)c(Cl)c1)=N/NC(=O)COc1ccc(Br)cc1C. The number of hydrogen-bond donors (Lipinski definition) is 2. The van der Waals surface area contributed by atoms with Gasteiger partial charge in [0, 0.05) is 20.9 Å². The summed E-state index contributed by atoms with van der Waals surface area (Å²) in [5.41, 5.74) is 5.30. The van der Waals surface area contributed by atoms with E-state index in [1.54, 1.807) is 25.1 Å². The molecule has 0 atom stereocenters. The van der Waals surface area contributed by atoms with Crippen LogP contribution in [0.4, 0.5) is 5.69 Å². The van der Waals surface area contributed by atoms with Gasteiger partial charge in [-0.3, -0.25) is 9.59 Å². The van der Waals surface area contributed by atoms with E-state index in [1.807, 2.05) is 32.0 Å². The first-order valence-electron chi connectivity index (χ1n) is 8.51. The van der Waals surface area contributed by atoms with Crippen molar-refractivity contribution in [2.24, 2.45) is 5.10 Å². The van der Waals surface area contributed by atoms with Crippen LogP contribution >= 0.6 is 27.5 Å². The minimum atomic E-state index is -0.410. The average molecular weight is 467 g/mol. The maximum absolute atomic E-state index is 12.1. The summed E-state index contributed by atoms with van der Waals surface area (Å²) in [6.45, 7) is 5.25. The summed E-state index contributed by atoms with van der Waals surface area (Å²) in [6.07, 6.45) is 0.0401. The molecule has 0 unspecified atom stereocenters. The zero-order valence-electron chi connectivity index (χ0n) is 15.8. The minimum Gasteiger partial charge on any atom is -0.483 e. The number of hydrogen-bond acceptors (Lipinski definition) is 4. The van der Waals surface area contributed by atoms with Gasteiger partial charge in [-0.1, -0.05) is 33.6 Å². The third-order valence-electron chi connectivity index (χ3n) is 3.74. The zero-order chi connectivity index (χ0) is 20.7. The summed E-state index contributed by atoms with van der Waals surface area (Å²) >= 11 is 9.41. The van der Waals surface area contributed by atoms with Crippen LogP contribution < -0.4 is 15.5 Å². The van der Waals surface area contributed by atoms with Crippen LogP contribution in [0.25, 0.3) is 0 Å². The number of carbonyl (C=O) groups is 2. The van der Waals surface area contributed by atoms with E-state index in [9.17, 15) is 9.59 Å². The Labute approximate surface area is 177 Å². The van der Waals surface area contributed by atoms with Crippen molar-refractivity contribution in [3.05, 3.63) is 57.0 Å². The van der Waals surface area contributed by atoms with E-state index in [-0.39, 0.29) is 18.9 Å². The molecule has 0 saturated carbocycles. The fourth-order valence-electron chi connectivity index (χ4n) is 2.26. The zero-order valence-corrected chi connectivity index (χ0v) is 18.1. The summed E-state index contributed by atoms with van der Waals surface area (Å²) in [5, 5.41) is 7.25. The molecule has 2 amide bonds. The van der Waals surface area contributed by atoms with Gasteiger partial charge in [-0.25, -0.2) is 5.43 Å². The smallest absolute Gasteiger partial charge is 0.277 e. The fourth-order valence-corrected chi connectivity index (χ4v) is 2.91. The average Bonchev–Trinajstić information content (AvgIpc) is 2.62. The molecule has 0 aliphatic rings. The lowest BCUT2D eigenvalue weighted by Crippen LogP contribution is -2.26. The summed E-state index contributed by atoms with van der Waals surface area (Å²) < 4.78 is 6.41. The van der Waals surface area contributed by atoms with Gasteiger partial charge in [0.1, 0.15) is 5.75 Å². The highest BCUT2D eigenvalue weighted by atomic mass is 79.9. The highest BCUT2D eigenvalue weighted by Gasteiger charge is 2.08. The highest BCUT2D eigenvalue weighted by Crippen LogP contribution is 2.22. The molecular weight excluding hydrogens is 446 g/mol. The molecular formula is C20H21BrClN3O3. The molecule has 6 nitrogen and oxygen atoms in total. The molecule has 2 aromatic rings. The second kappa shape index (κ2) is 10.2. The minimum absolute atomic E-state index is 0.0401. The van der Waals surface area contributed by atoms with Crippen molar-refractivity contribution in [2.75, 3.05) is 11.9 Å². The first-order chi connectivity index (χ1) is 13.2. The van der Waals surface area contributed by atoms with E-state index in [1.165, 1.54) is 0 Å². The van der Waals surface area contributed by atoms with Crippen LogP contribution in [-0.2, 0) is 9.59 Å². The molecule has 2 rings (SSSR count). The van der Waals surface area contributed by atoms with Crippen molar-refractivity contribution in [3.63, 3.8) is 0 Å². The largest absolute Gasteiger partial charge is 0.483 e. The quantitative estimate of drug-likeness (QED) is 0.461. The summed E-state index contributed by atoms with van der Waals surface area (Å²) in [4.78, 5) is 23.9. The second-order valence-corrected chi connectivity index (χ2v) is 7.59. The molecule has 2 aromatic carbocycles. The van der Waals surface area contributed by atoms with Crippen molar-refractivity contribution >= 4 is 50.7 Å². The second-order valence-electron chi connectivity index (χ2n) is 6.27. The number of nitrogens with zero attached hydrogens (tertiary/aromatic N) is 1. The fraction of sp³-hybridized carbons (Fsp3) is 0.250. The van der Waals surface area contributed by atoms with Crippen LogP contribution in [0, 0.1) is 13.8 Å². The van der Waals surface area contributed by atoms with Gasteiger partial charge in [0.25, 0.3) is 5.91 Å². The number of anilines is 1. The van der Waals surface area contributed by atoms with Crippen LogP contribution in [0.15, 0.2) is 46.0 Å². The third-order valence-corrected chi connectivity index (χ3v) is 4.64. The number of amides is 2. The van der Waals surface area contributed by atoms with Crippen LogP contribution in [0.5, 0.6) is 5.75 Å². The Hall–Kier alpha value is -2.38. The van der Waals surface area contributed by atoms with Gasteiger partial charge in [-0.15, -0.1) is 0 Å². The molecule has 0 bridgehead atoms. The topological polar surface area (TPSA) is 79.8 Å². The first kappa shape index (κ1) is 21.9. The molecule has 0 aliphatic heterocycles. The summed E-state index contributed by atoms with van der Waals surface area (Å²) in [5.74, 6) is -0.0419. The molecule has 0 spiro atoms. The lowest BCUT2D eigenvalue weighted by molar-refractivity contribution is -0.123. The molecule has 0 heterocycles. The van der Waals surface area contributed by atoms with Gasteiger partial charge in [0.05, 0.1) is 6.42 Å². The predicted molar refractivity (Wildman–Crippen MR) is 115 cm³/mol. The van der Waals surface area contributed by atoms with Crippen molar-refractivity contribution in [1.82, 2.24) is 5.43 Å². The molecule has 0 fully saturated rings. The van der Waals surface area contributed by atoms with E-state index in [0.717, 1.165) is 15.6 Å². The number of carbonyl (C=O) groups excluding carboxylic acids is 2. The van der Waals surface area contributed by atoms with Gasteiger partial charge in [-0.05, 0) is 62.2 Å². The van der Waals surface area contributed by atoms with E-state index in [0.29, 0.717) is 22.2 Å². The third kappa shape index (κ3) is 6.98. The van der Waals surface area contributed by atoms with Gasteiger partial charge in [0.15, 0.2) is 6.61 Å². The lowest BCUT2D eigenvalue weighted by Gasteiger charge is -2.09. The van der Waals surface area contributed by atoms with E-state index in [2.05, 4.69) is 31.8 Å². The molecule has 8 heteroatoms. The number of nitrogens with one attached hydrogen (secondary N) is 2. The lowest BCUT2D eigenvalue weighted by atomic mass is 10.2. The Morgan fingerprint density at radius 1 is 1.11 bits per heavy atom. The molecule has 0 saturated heterocycles. The normalized spacial score (nSPS) is 11.1. The van der Waals surface area contributed by atoms with E-state index < -0.39 is 5.91 Å². The summed E-state index contributed by atoms with van der Waals surface area (Å²) in [6, 6.07) is 10.8. The molecule has 2 N–H and O–H groups in total. The van der Waals surface area contributed by atoms with Gasteiger partial charge in [-0.2, -0.15) is 5.10 Å². The van der Waals surface area contributed by atoms with Crippen molar-refractivity contribution in [2.45, 2.75) is 27.2 Å². The Balaban J connectivity index is 1.79. The molecule has 0 aromatic heterocycles. The number of benzene rings is 2. The number of aryl methyl sites for hydroxylation is 2. The van der Waals surface area contributed by atoms with E-state index in [4.69, 9.17) is 16.3 Å². The maximum atomic E-state index is 12.1. The number of halogens is 2. The first-order valence-corrected chi connectivity index (χ1v) is 9.68. The van der Waals surface area contributed by atoms with Gasteiger partial charge >= 0.3 is 0 Å². The van der Waals surface area contributed by atoms with Crippen LogP contribution in [0.1, 0.15) is 24.5 Å². The summed E-state index contributed by atoms with van der Waals surface area (Å²) in [7, 11) is 0. The van der Waals surface area contributed by atoms with E-state index >= 15 is 0 Å². The molecule has 148 valence electrons. The van der Waals surface area contributed by atoms with Crippen LogP contribution in [-0.4, -0.2) is 24.1 Å². The predicted octanol–water partition coefficient (Wildman–Crippen LogP) is 4.62. The van der Waals surface area contributed by atoms with Crippen molar-refractivity contribution in [3.8, 4) is 5.75 Å².